The summed E-state index contributed by atoms with van der Waals surface area (Å²) in [5.41, 5.74) is 1.20. The highest BCUT2D eigenvalue weighted by Crippen LogP contribution is 2.21. The number of hydrogen-bond donors (Lipinski definition) is 2. The zero-order valence-corrected chi connectivity index (χ0v) is 11.1. The molecule has 1 atom stereocenters. The molecular weight excluding hydrogens is 224 g/mol. The molecule has 1 fully saturated rings. The maximum absolute atomic E-state index is 12.0. The Morgan fingerprint density at radius 2 is 2.00 bits per heavy atom. The number of benzene rings is 1. The molecular formula is C15H22N2O. The molecule has 1 unspecified atom stereocenters. The Labute approximate surface area is 109 Å². The fraction of sp³-hybridized carbons (Fsp3) is 0.533. The van der Waals surface area contributed by atoms with Crippen LogP contribution in [0.2, 0.25) is 0 Å². The van der Waals surface area contributed by atoms with Crippen LogP contribution in [0.15, 0.2) is 30.3 Å². The third kappa shape index (κ3) is 3.33. The van der Waals surface area contributed by atoms with E-state index >= 15 is 0 Å². The van der Waals surface area contributed by atoms with Gasteiger partial charge >= 0.3 is 0 Å². The first-order valence-corrected chi connectivity index (χ1v) is 6.73. The van der Waals surface area contributed by atoms with E-state index in [0.29, 0.717) is 5.92 Å². The van der Waals surface area contributed by atoms with Crippen LogP contribution in [0.3, 0.4) is 0 Å². The van der Waals surface area contributed by atoms with Crippen LogP contribution in [-0.4, -0.2) is 19.0 Å². The fourth-order valence-electron chi connectivity index (χ4n) is 2.20. The molecule has 2 rings (SSSR count). The van der Waals surface area contributed by atoms with E-state index in [9.17, 15) is 4.79 Å². The van der Waals surface area contributed by atoms with Crippen LogP contribution in [-0.2, 0) is 4.79 Å². The second-order valence-electron chi connectivity index (χ2n) is 5.46. The SMILES string of the molecule is CC(C)CC(NC(=O)C1CNC1)c1ccccc1. The van der Waals surface area contributed by atoms with Crippen LogP contribution in [0.1, 0.15) is 31.9 Å². The number of amides is 1. The summed E-state index contributed by atoms with van der Waals surface area (Å²) in [6.45, 7) is 6.00. The molecule has 98 valence electrons. The average molecular weight is 246 g/mol. The van der Waals surface area contributed by atoms with Gasteiger partial charge < -0.3 is 10.6 Å². The first kappa shape index (κ1) is 13.1. The normalized spacial score (nSPS) is 17.3. The van der Waals surface area contributed by atoms with Crippen molar-refractivity contribution in [3.05, 3.63) is 35.9 Å². The van der Waals surface area contributed by atoms with Crippen molar-refractivity contribution in [3.8, 4) is 0 Å². The lowest BCUT2D eigenvalue weighted by Crippen LogP contribution is -2.51. The van der Waals surface area contributed by atoms with Crippen LogP contribution < -0.4 is 10.6 Å². The second-order valence-corrected chi connectivity index (χ2v) is 5.46. The Hall–Kier alpha value is -1.35. The molecule has 0 aromatic heterocycles. The van der Waals surface area contributed by atoms with Crippen LogP contribution in [0.5, 0.6) is 0 Å². The Bertz CT molecular complexity index is 385. The van der Waals surface area contributed by atoms with E-state index in [1.807, 2.05) is 18.2 Å². The summed E-state index contributed by atoms with van der Waals surface area (Å²) in [5.74, 6) is 0.904. The van der Waals surface area contributed by atoms with E-state index in [1.54, 1.807) is 0 Å². The third-order valence-electron chi connectivity index (χ3n) is 3.38. The first-order valence-electron chi connectivity index (χ1n) is 6.73. The molecule has 1 heterocycles. The molecule has 3 nitrogen and oxygen atoms in total. The van der Waals surface area contributed by atoms with Gasteiger partial charge in [-0.3, -0.25) is 4.79 Å². The van der Waals surface area contributed by atoms with Gasteiger partial charge in [0.15, 0.2) is 0 Å². The van der Waals surface area contributed by atoms with Gasteiger partial charge in [-0.2, -0.15) is 0 Å². The van der Waals surface area contributed by atoms with Crippen LogP contribution in [0.4, 0.5) is 0 Å². The van der Waals surface area contributed by atoms with Gasteiger partial charge in [-0.1, -0.05) is 44.2 Å². The number of rotatable bonds is 5. The second kappa shape index (κ2) is 6.01. The Kier molecular flexibility index (Phi) is 4.37. The summed E-state index contributed by atoms with van der Waals surface area (Å²) in [6.07, 6.45) is 0.982. The third-order valence-corrected chi connectivity index (χ3v) is 3.38. The van der Waals surface area contributed by atoms with Crippen LogP contribution in [0, 0.1) is 11.8 Å². The number of hydrogen-bond acceptors (Lipinski definition) is 2. The summed E-state index contributed by atoms with van der Waals surface area (Å²) in [4.78, 5) is 12.0. The number of carbonyl (C=O) groups is 1. The van der Waals surface area contributed by atoms with Gasteiger partial charge in [0, 0.05) is 13.1 Å². The van der Waals surface area contributed by atoms with E-state index < -0.39 is 0 Å². The smallest absolute Gasteiger partial charge is 0.226 e. The molecule has 0 spiro atoms. The van der Waals surface area contributed by atoms with Crippen LogP contribution in [0.25, 0.3) is 0 Å². The molecule has 1 aromatic carbocycles. The Morgan fingerprint density at radius 1 is 1.33 bits per heavy atom. The molecule has 1 saturated heterocycles. The predicted molar refractivity (Wildman–Crippen MR) is 73.1 cm³/mol. The van der Waals surface area contributed by atoms with Gasteiger partial charge in [0.25, 0.3) is 0 Å². The molecule has 3 heteroatoms. The Balaban J connectivity index is 2.02. The minimum atomic E-state index is 0.138. The highest BCUT2D eigenvalue weighted by atomic mass is 16.2. The van der Waals surface area contributed by atoms with Crippen LogP contribution >= 0.6 is 0 Å². The zero-order chi connectivity index (χ0) is 13.0. The molecule has 1 aromatic rings. The predicted octanol–water partition coefficient (Wildman–Crippen LogP) is 2.11. The van der Waals surface area contributed by atoms with Gasteiger partial charge in [0.1, 0.15) is 0 Å². The van der Waals surface area contributed by atoms with Gasteiger partial charge in [-0.25, -0.2) is 0 Å². The molecule has 0 bridgehead atoms. The van der Waals surface area contributed by atoms with E-state index in [-0.39, 0.29) is 17.9 Å². The summed E-state index contributed by atoms with van der Waals surface area (Å²) in [6, 6.07) is 10.4. The van der Waals surface area contributed by atoms with Gasteiger partial charge in [-0.15, -0.1) is 0 Å². The van der Waals surface area contributed by atoms with E-state index in [0.717, 1.165) is 19.5 Å². The van der Waals surface area contributed by atoms with Crippen molar-refractivity contribution >= 4 is 5.91 Å². The zero-order valence-electron chi connectivity index (χ0n) is 11.1. The van der Waals surface area contributed by atoms with Gasteiger partial charge in [0.05, 0.1) is 12.0 Å². The molecule has 1 amide bonds. The monoisotopic (exact) mass is 246 g/mol. The maximum atomic E-state index is 12.0. The minimum Gasteiger partial charge on any atom is -0.349 e. The van der Waals surface area contributed by atoms with E-state index in [2.05, 4.69) is 36.6 Å². The first-order chi connectivity index (χ1) is 8.66. The maximum Gasteiger partial charge on any atom is 0.226 e. The minimum absolute atomic E-state index is 0.138. The summed E-state index contributed by atoms with van der Waals surface area (Å²) >= 11 is 0. The van der Waals surface area contributed by atoms with Crippen molar-refractivity contribution < 1.29 is 4.79 Å². The quantitative estimate of drug-likeness (QED) is 0.835. The average Bonchev–Trinajstić information content (AvgIpc) is 2.26. The number of carbonyl (C=O) groups excluding carboxylic acids is 1. The molecule has 2 N–H and O–H groups in total. The lowest BCUT2D eigenvalue weighted by Gasteiger charge is -2.29. The van der Waals surface area contributed by atoms with Crippen molar-refractivity contribution in [1.82, 2.24) is 10.6 Å². The standard InChI is InChI=1S/C15H22N2O/c1-11(2)8-14(12-6-4-3-5-7-12)17-15(18)13-9-16-10-13/h3-7,11,13-14,16H,8-10H2,1-2H3,(H,17,18). The van der Waals surface area contributed by atoms with E-state index in [1.165, 1.54) is 5.56 Å². The van der Waals surface area contributed by atoms with Gasteiger partial charge in [-0.05, 0) is 17.9 Å². The summed E-state index contributed by atoms with van der Waals surface area (Å²) in [7, 11) is 0. The highest BCUT2D eigenvalue weighted by Gasteiger charge is 2.27. The number of nitrogens with one attached hydrogen (secondary N) is 2. The summed E-state index contributed by atoms with van der Waals surface area (Å²) in [5, 5.41) is 6.32. The van der Waals surface area contributed by atoms with Crippen molar-refractivity contribution in [3.63, 3.8) is 0 Å². The topological polar surface area (TPSA) is 41.1 Å². The molecule has 18 heavy (non-hydrogen) atoms. The lowest BCUT2D eigenvalue weighted by atomic mass is 9.95. The Morgan fingerprint density at radius 3 is 2.50 bits per heavy atom. The summed E-state index contributed by atoms with van der Waals surface area (Å²) < 4.78 is 0. The van der Waals surface area contributed by atoms with Crippen molar-refractivity contribution in [2.45, 2.75) is 26.3 Å². The van der Waals surface area contributed by atoms with E-state index in [4.69, 9.17) is 0 Å². The van der Waals surface area contributed by atoms with Crippen molar-refractivity contribution in [2.75, 3.05) is 13.1 Å². The molecule has 0 saturated carbocycles. The molecule has 0 aliphatic carbocycles. The van der Waals surface area contributed by atoms with Crippen molar-refractivity contribution in [2.24, 2.45) is 11.8 Å². The highest BCUT2D eigenvalue weighted by molar-refractivity contribution is 5.80. The molecule has 1 aliphatic heterocycles. The lowest BCUT2D eigenvalue weighted by molar-refractivity contribution is -0.127. The fourth-order valence-corrected chi connectivity index (χ4v) is 2.20. The molecule has 0 radical (unpaired) electrons. The van der Waals surface area contributed by atoms with Gasteiger partial charge in [0.2, 0.25) is 5.91 Å². The molecule has 1 aliphatic rings. The van der Waals surface area contributed by atoms with Crippen molar-refractivity contribution in [1.29, 1.82) is 0 Å². The largest absolute Gasteiger partial charge is 0.349 e.